The molecule has 2 atom stereocenters. The Balaban J connectivity index is 2.14. The summed E-state index contributed by atoms with van der Waals surface area (Å²) in [5, 5.41) is 12.1. The van der Waals surface area contributed by atoms with E-state index in [1.54, 1.807) is 12.3 Å². The topological polar surface area (TPSA) is 79.3 Å². The number of aliphatic carboxylic acids is 1. The molecular formula is C14H17ClN2O3. The minimum atomic E-state index is -0.904. The van der Waals surface area contributed by atoms with Crippen LogP contribution in [0.1, 0.15) is 31.2 Å². The highest BCUT2D eigenvalue weighted by Gasteiger charge is 2.35. The Morgan fingerprint density at radius 1 is 1.35 bits per heavy atom. The summed E-state index contributed by atoms with van der Waals surface area (Å²) >= 11 is 5.94. The number of carbonyl (C=O) groups is 2. The van der Waals surface area contributed by atoms with Crippen molar-refractivity contribution in [1.29, 1.82) is 0 Å². The summed E-state index contributed by atoms with van der Waals surface area (Å²) in [4.78, 5) is 27.5. The van der Waals surface area contributed by atoms with E-state index in [4.69, 9.17) is 11.6 Å². The SMILES string of the molecule is Cc1cnc(Cl)c(NC(=O)C2CCCCC2C(=O)O)c1. The van der Waals surface area contributed by atoms with Crippen LogP contribution in [0, 0.1) is 18.8 Å². The van der Waals surface area contributed by atoms with Crippen molar-refractivity contribution >= 4 is 29.2 Å². The van der Waals surface area contributed by atoms with Crippen molar-refractivity contribution in [3.05, 3.63) is 23.0 Å². The molecule has 0 spiro atoms. The van der Waals surface area contributed by atoms with E-state index in [1.165, 1.54) is 0 Å². The summed E-state index contributed by atoms with van der Waals surface area (Å²) < 4.78 is 0. The first-order valence-electron chi connectivity index (χ1n) is 6.65. The van der Waals surface area contributed by atoms with Gasteiger partial charge in [0.2, 0.25) is 5.91 Å². The van der Waals surface area contributed by atoms with E-state index in [1.807, 2.05) is 6.92 Å². The van der Waals surface area contributed by atoms with Gasteiger partial charge in [0, 0.05) is 6.20 Å². The Morgan fingerprint density at radius 3 is 2.65 bits per heavy atom. The van der Waals surface area contributed by atoms with Crippen molar-refractivity contribution in [2.24, 2.45) is 11.8 Å². The second-order valence-corrected chi connectivity index (χ2v) is 5.53. The molecule has 1 aliphatic carbocycles. The van der Waals surface area contributed by atoms with Crippen LogP contribution >= 0.6 is 11.6 Å². The van der Waals surface area contributed by atoms with E-state index in [-0.39, 0.29) is 11.1 Å². The van der Waals surface area contributed by atoms with Crippen LogP contribution in [0.25, 0.3) is 0 Å². The van der Waals surface area contributed by atoms with Gasteiger partial charge in [0.25, 0.3) is 0 Å². The van der Waals surface area contributed by atoms with Crippen LogP contribution in [0.5, 0.6) is 0 Å². The molecule has 0 aromatic carbocycles. The van der Waals surface area contributed by atoms with Gasteiger partial charge in [0.15, 0.2) is 5.15 Å². The lowest BCUT2D eigenvalue weighted by atomic mass is 9.78. The Morgan fingerprint density at radius 2 is 2.00 bits per heavy atom. The number of amides is 1. The van der Waals surface area contributed by atoms with Crippen molar-refractivity contribution in [2.75, 3.05) is 5.32 Å². The fourth-order valence-electron chi connectivity index (χ4n) is 2.61. The van der Waals surface area contributed by atoms with Crippen LogP contribution < -0.4 is 5.32 Å². The number of nitrogens with one attached hydrogen (secondary N) is 1. The molecule has 1 aromatic rings. The standard InChI is InChI=1S/C14H17ClN2O3/c1-8-6-11(12(15)16-7-8)17-13(18)9-4-2-3-5-10(9)14(19)20/h6-7,9-10H,2-5H2,1H3,(H,17,18)(H,19,20). The number of pyridine rings is 1. The normalized spacial score (nSPS) is 22.3. The van der Waals surface area contributed by atoms with E-state index in [2.05, 4.69) is 10.3 Å². The molecule has 108 valence electrons. The van der Waals surface area contributed by atoms with Crippen molar-refractivity contribution in [1.82, 2.24) is 4.98 Å². The van der Waals surface area contributed by atoms with Crippen molar-refractivity contribution in [3.8, 4) is 0 Å². The highest BCUT2D eigenvalue weighted by molar-refractivity contribution is 6.32. The predicted octanol–water partition coefficient (Wildman–Crippen LogP) is 2.87. The maximum Gasteiger partial charge on any atom is 0.307 e. The van der Waals surface area contributed by atoms with Gasteiger partial charge in [0.05, 0.1) is 17.5 Å². The van der Waals surface area contributed by atoms with Gasteiger partial charge in [-0.3, -0.25) is 9.59 Å². The second-order valence-electron chi connectivity index (χ2n) is 5.18. The number of hydrogen-bond donors (Lipinski definition) is 2. The minimum absolute atomic E-state index is 0.214. The molecule has 1 fully saturated rings. The van der Waals surface area contributed by atoms with Crippen LogP contribution in [-0.4, -0.2) is 22.0 Å². The Bertz CT molecular complexity index is 533. The number of nitrogens with zero attached hydrogens (tertiary/aromatic N) is 1. The van der Waals surface area contributed by atoms with Gasteiger partial charge in [0.1, 0.15) is 0 Å². The number of aromatic nitrogens is 1. The third kappa shape index (κ3) is 3.28. The molecule has 0 bridgehead atoms. The third-order valence-electron chi connectivity index (χ3n) is 3.65. The third-order valence-corrected chi connectivity index (χ3v) is 3.95. The fourth-order valence-corrected chi connectivity index (χ4v) is 2.76. The summed E-state index contributed by atoms with van der Waals surface area (Å²) in [5.74, 6) is -2.30. The van der Waals surface area contributed by atoms with Crippen LogP contribution in [0.3, 0.4) is 0 Å². The average Bonchev–Trinajstić information content (AvgIpc) is 2.42. The number of hydrogen-bond acceptors (Lipinski definition) is 3. The number of anilines is 1. The molecule has 0 radical (unpaired) electrons. The van der Waals surface area contributed by atoms with Gasteiger partial charge >= 0.3 is 5.97 Å². The minimum Gasteiger partial charge on any atom is -0.481 e. The van der Waals surface area contributed by atoms with E-state index < -0.39 is 17.8 Å². The zero-order valence-electron chi connectivity index (χ0n) is 11.2. The Hall–Kier alpha value is -1.62. The molecule has 1 aromatic heterocycles. The average molecular weight is 297 g/mol. The number of rotatable bonds is 3. The van der Waals surface area contributed by atoms with E-state index >= 15 is 0 Å². The first-order valence-corrected chi connectivity index (χ1v) is 7.02. The molecule has 1 saturated carbocycles. The lowest BCUT2D eigenvalue weighted by molar-refractivity contribution is -0.147. The van der Waals surface area contributed by atoms with Crippen molar-refractivity contribution in [3.63, 3.8) is 0 Å². The molecule has 0 aliphatic heterocycles. The largest absolute Gasteiger partial charge is 0.481 e. The van der Waals surface area contributed by atoms with Crippen LogP contribution in [0.15, 0.2) is 12.3 Å². The summed E-state index contributed by atoms with van der Waals surface area (Å²) in [5.41, 5.74) is 1.31. The van der Waals surface area contributed by atoms with Crippen LogP contribution in [0.2, 0.25) is 5.15 Å². The molecule has 2 rings (SSSR count). The quantitative estimate of drug-likeness (QED) is 0.841. The monoisotopic (exact) mass is 296 g/mol. The number of halogens is 1. The molecular weight excluding hydrogens is 280 g/mol. The fraction of sp³-hybridized carbons (Fsp3) is 0.500. The first kappa shape index (κ1) is 14.8. The van der Waals surface area contributed by atoms with Gasteiger partial charge in [-0.2, -0.15) is 0 Å². The smallest absolute Gasteiger partial charge is 0.307 e. The Labute approximate surface area is 122 Å². The summed E-state index contributed by atoms with van der Waals surface area (Å²) in [6.45, 7) is 1.85. The van der Waals surface area contributed by atoms with Crippen molar-refractivity contribution < 1.29 is 14.7 Å². The zero-order valence-corrected chi connectivity index (χ0v) is 12.0. The second kappa shape index (κ2) is 6.22. The first-order chi connectivity index (χ1) is 9.49. The lowest BCUT2D eigenvalue weighted by Gasteiger charge is -2.27. The maximum atomic E-state index is 12.3. The molecule has 1 heterocycles. The number of carboxylic acid groups (broad SMARTS) is 1. The van der Waals surface area contributed by atoms with Gasteiger partial charge in [-0.1, -0.05) is 24.4 Å². The molecule has 20 heavy (non-hydrogen) atoms. The molecule has 0 saturated heterocycles. The van der Waals surface area contributed by atoms with Gasteiger partial charge in [-0.25, -0.2) is 4.98 Å². The highest BCUT2D eigenvalue weighted by Crippen LogP contribution is 2.32. The van der Waals surface area contributed by atoms with Crippen molar-refractivity contribution in [2.45, 2.75) is 32.6 Å². The van der Waals surface area contributed by atoms with E-state index in [0.717, 1.165) is 18.4 Å². The van der Waals surface area contributed by atoms with Gasteiger partial charge in [-0.15, -0.1) is 0 Å². The Kier molecular flexibility index (Phi) is 4.60. The molecule has 1 aliphatic rings. The number of carbonyl (C=O) groups excluding carboxylic acids is 1. The predicted molar refractivity (Wildman–Crippen MR) is 75.7 cm³/mol. The molecule has 2 unspecified atom stereocenters. The zero-order chi connectivity index (χ0) is 14.7. The molecule has 1 amide bonds. The molecule has 5 nitrogen and oxygen atoms in total. The number of aryl methyl sites for hydroxylation is 1. The lowest BCUT2D eigenvalue weighted by Crippen LogP contribution is -2.36. The van der Waals surface area contributed by atoms with E-state index in [9.17, 15) is 14.7 Å². The number of carboxylic acids is 1. The van der Waals surface area contributed by atoms with Crippen LogP contribution in [-0.2, 0) is 9.59 Å². The van der Waals surface area contributed by atoms with Crippen LogP contribution in [0.4, 0.5) is 5.69 Å². The maximum absolute atomic E-state index is 12.3. The molecule has 2 N–H and O–H groups in total. The molecule has 6 heteroatoms. The van der Waals surface area contributed by atoms with Gasteiger partial charge in [-0.05, 0) is 31.4 Å². The summed E-state index contributed by atoms with van der Waals surface area (Å²) in [7, 11) is 0. The highest BCUT2D eigenvalue weighted by atomic mass is 35.5. The van der Waals surface area contributed by atoms with Gasteiger partial charge < -0.3 is 10.4 Å². The van der Waals surface area contributed by atoms with E-state index in [0.29, 0.717) is 18.5 Å². The summed E-state index contributed by atoms with van der Waals surface area (Å²) in [6, 6.07) is 1.73. The summed E-state index contributed by atoms with van der Waals surface area (Å²) in [6.07, 6.45) is 4.49.